The Morgan fingerprint density at radius 2 is 2.11 bits per heavy atom. The zero-order valence-electron chi connectivity index (χ0n) is 5.42. The summed E-state index contributed by atoms with van der Waals surface area (Å²) < 4.78 is 23.4. The van der Waals surface area contributed by atoms with Crippen LogP contribution < -0.4 is 4.72 Å². The Kier molecular flexibility index (Phi) is 1.77. The summed E-state index contributed by atoms with van der Waals surface area (Å²) in [5, 5.41) is -0.211. The van der Waals surface area contributed by atoms with E-state index in [4.69, 9.17) is 0 Å². The maximum atomic E-state index is 10.5. The average molecular weight is 149 g/mol. The van der Waals surface area contributed by atoms with Gasteiger partial charge in [0.1, 0.15) is 5.37 Å². The van der Waals surface area contributed by atoms with E-state index < -0.39 is 10.0 Å². The van der Waals surface area contributed by atoms with Gasteiger partial charge < -0.3 is 0 Å². The monoisotopic (exact) mass is 149 g/mol. The molecule has 0 spiro atoms. The molecule has 0 aliphatic carbocycles. The maximum Gasteiger partial charge on any atom is 0.229 e. The van der Waals surface area contributed by atoms with Gasteiger partial charge in [-0.3, -0.25) is 0 Å². The van der Waals surface area contributed by atoms with Crippen LogP contribution in [0.2, 0.25) is 0 Å². The summed E-state index contributed by atoms with van der Waals surface area (Å²) in [4.78, 5) is 0. The van der Waals surface area contributed by atoms with Crippen molar-refractivity contribution < 1.29 is 8.42 Å². The first-order chi connectivity index (χ1) is 4.17. The third kappa shape index (κ3) is 1.66. The van der Waals surface area contributed by atoms with Gasteiger partial charge in [-0.1, -0.05) is 19.8 Å². The van der Waals surface area contributed by atoms with Crippen molar-refractivity contribution in [3.8, 4) is 0 Å². The molecule has 1 fully saturated rings. The molecule has 54 valence electrons. The van der Waals surface area contributed by atoms with Gasteiger partial charge in [0.2, 0.25) is 10.0 Å². The summed E-state index contributed by atoms with van der Waals surface area (Å²) >= 11 is 0. The van der Waals surface area contributed by atoms with Crippen molar-refractivity contribution >= 4 is 10.0 Å². The molecule has 0 amide bonds. The van der Waals surface area contributed by atoms with Gasteiger partial charge >= 0.3 is 0 Å². The van der Waals surface area contributed by atoms with Gasteiger partial charge in [0, 0.05) is 0 Å². The lowest BCUT2D eigenvalue weighted by molar-refractivity contribution is 0.608. The van der Waals surface area contributed by atoms with E-state index in [1.165, 1.54) is 0 Å². The summed E-state index contributed by atoms with van der Waals surface area (Å²) in [7, 11) is -2.78. The molecule has 0 radical (unpaired) electrons. The molecule has 1 rings (SSSR count). The average Bonchev–Trinajstić information content (AvgIpc) is 2.35. The van der Waals surface area contributed by atoms with Crippen LogP contribution in [0.15, 0.2) is 0 Å². The second kappa shape index (κ2) is 2.27. The van der Waals surface area contributed by atoms with Gasteiger partial charge in [0.15, 0.2) is 0 Å². The summed E-state index contributed by atoms with van der Waals surface area (Å²) in [6.07, 6.45) is 2.84. The number of hydrogen-bond acceptors (Lipinski definition) is 2. The molecule has 1 aliphatic heterocycles. The molecular formula is C5H11NO2S. The molecule has 1 atom stereocenters. The van der Waals surface area contributed by atoms with Crippen LogP contribution in [0.1, 0.15) is 26.2 Å². The molecule has 9 heavy (non-hydrogen) atoms. The van der Waals surface area contributed by atoms with Crippen molar-refractivity contribution in [2.45, 2.75) is 31.6 Å². The van der Waals surface area contributed by atoms with E-state index in [2.05, 4.69) is 11.6 Å². The van der Waals surface area contributed by atoms with Crippen LogP contribution in [0.5, 0.6) is 0 Å². The Morgan fingerprint density at radius 3 is 2.44 bits per heavy atom. The van der Waals surface area contributed by atoms with E-state index in [0.29, 0.717) is 0 Å². The van der Waals surface area contributed by atoms with Gasteiger partial charge in [-0.25, -0.2) is 8.42 Å². The van der Waals surface area contributed by atoms with Gasteiger partial charge in [-0.15, -0.1) is 0 Å². The number of unbranched alkanes of at least 4 members (excludes halogenated alkanes) is 1. The zero-order valence-corrected chi connectivity index (χ0v) is 6.24. The molecule has 1 aliphatic rings. The third-order valence-electron chi connectivity index (χ3n) is 1.43. The van der Waals surface area contributed by atoms with E-state index in [1.807, 2.05) is 0 Å². The highest BCUT2D eigenvalue weighted by Gasteiger charge is 2.41. The highest BCUT2D eigenvalue weighted by molar-refractivity contribution is 7.96. The van der Waals surface area contributed by atoms with Crippen molar-refractivity contribution in [2.75, 3.05) is 0 Å². The smallest absolute Gasteiger partial charge is 0.211 e. The molecule has 0 aromatic carbocycles. The molecular weight excluding hydrogens is 138 g/mol. The van der Waals surface area contributed by atoms with Crippen LogP contribution in [0.3, 0.4) is 0 Å². The van der Waals surface area contributed by atoms with Gasteiger partial charge in [0.05, 0.1) is 0 Å². The lowest BCUT2D eigenvalue weighted by atomic mass is 10.2. The second-order valence-corrected chi connectivity index (χ2v) is 4.19. The summed E-state index contributed by atoms with van der Waals surface area (Å²) in [6.45, 7) is 2.05. The Labute approximate surface area is 55.5 Å². The minimum atomic E-state index is -2.78. The number of hydrogen-bond donors (Lipinski definition) is 1. The molecule has 1 unspecified atom stereocenters. The lowest BCUT2D eigenvalue weighted by Gasteiger charge is -1.85. The number of rotatable bonds is 3. The van der Waals surface area contributed by atoms with E-state index in [0.717, 1.165) is 19.3 Å². The minimum Gasteiger partial charge on any atom is -0.211 e. The van der Waals surface area contributed by atoms with E-state index in [1.54, 1.807) is 0 Å². The summed E-state index contributed by atoms with van der Waals surface area (Å²) in [5.74, 6) is 0. The predicted molar refractivity (Wildman–Crippen MR) is 35.4 cm³/mol. The summed E-state index contributed by atoms with van der Waals surface area (Å²) in [6, 6.07) is 0. The van der Waals surface area contributed by atoms with Crippen molar-refractivity contribution in [1.29, 1.82) is 0 Å². The van der Waals surface area contributed by atoms with Crippen LogP contribution in [0.4, 0.5) is 0 Å². The molecule has 4 heteroatoms. The topological polar surface area (TPSA) is 56.1 Å². The standard InChI is InChI=1S/C5H11NO2S/c1-2-3-4-5-6-9(5,7)8/h5-6H,2-4H2,1H3. The van der Waals surface area contributed by atoms with Crippen LogP contribution in [0, 0.1) is 0 Å². The first-order valence-corrected chi connectivity index (χ1v) is 4.72. The SMILES string of the molecule is CCCCC1NS1(=O)=O. The summed E-state index contributed by atoms with van der Waals surface area (Å²) in [5.41, 5.74) is 0. The number of sulfonamides is 1. The fourth-order valence-electron chi connectivity index (χ4n) is 0.759. The fraction of sp³-hybridized carbons (Fsp3) is 1.00. The minimum absolute atomic E-state index is 0.211. The fourth-order valence-corrected chi connectivity index (χ4v) is 1.90. The van der Waals surface area contributed by atoms with E-state index in [-0.39, 0.29) is 5.37 Å². The first-order valence-electron chi connectivity index (χ1n) is 3.18. The van der Waals surface area contributed by atoms with Gasteiger partial charge in [-0.05, 0) is 6.42 Å². The molecule has 0 saturated carbocycles. The zero-order chi connectivity index (χ0) is 6.91. The van der Waals surface area contributed by atoms with Crippen LogP contribution in [-0.2, 0) is 10.0 Å². The molecule has 1 N–H and O–H groups in total. The molecule has 1 saturated heterocycles. The van der Waals surface area contributed by atoms with Crippen LogP contribution >= 0.6 is 0 Å². The highest BCUT2D eigenvalue weighted by Crippen LogP contribution is 2.18. The first kappa shape index (κ1) is 7.02. The highest BCUT2D eigenvalue weighted by atomic mass is 32.2. The van der Waals surface area contributed by atoms with Crippen molar-refractivity contribution in [3.63, 3.8) is 0 Å². The lowest BCUT2D eigenvalue weighted by Crippen LogP contribution is -1.88. The Hall–Kier alpha value is -0.0900. The molecule has 0 bridgehead atoms. The maximum absolute atomic E-state index is 10.5. The van der Waals surface area contributed by atoms with E-state index in [9.17, 15) is 8.42 Å². The number of nitrogens with one attached hydrogen (secondary N) is 1. The Bertz CT molecular complexity index is 185. The van der Waals surface area contributed by atoms with Gasteiger partial charge in [-0.2, -0.15) is 4.72 Å². The molecule has 3 nitrogen and oxygen atoms in total. The Balaban J connectivity index is 2.21. The van der Waals surface area contributed by atoms with Crippen LogP contribution in [0.25, 0.3) is 0 Å². The molecule has 0 aromatic heterocycles. The van der Waals surface area contributed by atoms with Crippen molar-refractivity contribution in [3.05, 3.63) is 0 Å². The van der Waals surface area contributed by atoms with E-state index >= 15 is 0 Å². The molecule has 1 heterocycles. The third-order valence-corrected chi connectivity index (χ3v) is 2.89. The Morgan fingerprint density at radius 1 is 1.56 bits per heavy atom. The normalized spacial score (nSPS) is 30.1. The van der Waals surface area contributed by atoms with Crippen molar-refractivity contribution in [1.82, 2.24) is 4.72 Å². The largest absolute Gasteiger partial charge is 0.229 e. The van der Waals surface area contributed by atoms with Gasteiger partial charge in [0.25, 0.3) is 0 Å². The van der Waals surface area contributed by atoms with Crippen molar-refractivity contribution in [2.24, 2.45) is 0 Å². The van der Waals surface area contributed by atoms with Crippen LogP contribution in [-0.4, -0.2) is 13.8 Å². The second-order valence-electron chi connectivity index (χ2n) is 2.29. The molecule has 0 aromatic rings. The quantitative estimate of drug-likeness (QED) is 0.592. The predicted octanol–water partition coefficient (Wildman–Crippen LogP) is 0.436.